The van der Waals surface area contributed by atoms with Crippen LogP contribution in [-0.4, -0.2) is 24.3 Å². The number of rotatable bonds is 7. The molecule has 0 saturated heterocycles. The van der Waals surface area contributed by atoms with Crippen molar-refractivity contribution in [3.63, 3.8) is 0 Å². The zero-order chi connectivity index (χ0) is 17.5. The third-order valence-corrected chi connectivity index (χ3v) is 3.33. The molecule has 0 aliphatic rings. The van der Waals surface area contributed by atoms with Crippen molar-refractivity contribution in [3.05, 3.63) is 72.0 Å². The maximum absolute atomic E-state index is 12.2. The Kier molecular flexibility index (Phi) is 5.31. The number of ether oxygens (including phenoxy) is 2. The molecule has 0 aliphatic carbocycles. The highest BCUT2D eigenvalue weighted by atomic mass is 16.5. The van der Waals surface area contributed by atoms with E-state index in [1.165, 1.54) is 0 Å². The Balaban J connectivity index is 1.51. The van der Waals surface area contributed by atoms with E-state index in [-0.39, 0.29) is 5.91 Å². The summed E-state index contributed by atoms with van der Waals surface area (Å²) in [4.78, 5) is 12.2. The second-order valence-corrected chi connectivity index (χ2v) is 5.31. The molecule has 0 fully saturated rings. The van der Waals surface area contributed by atoms with Crippen molar-refractivity contribution >= 4 is 11.7 Å². The minimum absolute atomic E-state index is 0.278. The quantitative estimate of drug-likeness (QED) is 0.665. The average molecular weight is 338 g/mol. The summed E-state index contributed by atoms with van der Waals surface area (Å²) in [6, 6.07) is 18.1. The van der Waals surface area contributed by atoms with Crippen LogP contribution < -0.4 is 14.8 Å². The summed E-state index contributed by atoms with van der Waals surface area (Å²) in [7, 11) is 0. The van der Waals surface area contributed by atoms with E-state index < -0.39 is 0 Å². The molecule has 6 heteroatoms. The van der Waals surface area contributed by atoms with Crippen LogP contribution in [0.15, 0.2) is 65.2 Å². The van der Waals surface area contributed by atoms with Gasteiger partial charge in [-0.05, 0) is 37.3 Å². The zero-order valence-corrected chi connectivity index (χ0v) is 13.8. The van der Waals surface area contributed by atoms with Crippen LogP contribution in [-0.2, 0) is 0 Å². The Hall–Kier alpha value is -3.28. The van der Waals surface area contributed by atoms with Gasteiger partial charge in [-0.25, -0.2) is 0 Å². The largest absolute Gasteiger partial charge is 0.490 e. The summed E-state index contributed by atoms with van der Waals surface area (Å²) < 4.78 is 16.1. The SMILES string of the molecule is Cc1cc(NC(=O)c2cccc(OCCOc3ccccc3)c2)no1. The number of amides is 1. The summed E-state index contributed by atoms with van der Waals surface area (Å²) in [5.74, 6) is 2.12. The van der Waals surface area contributed by atoms with Gasteiger partial charge in [-0.15, -0.1) is 0 Å². The summed E-state index contributed by atoms with van der Waals surface area (Å²) in [6.45, 7) is 2.55. The highest BCUT2D eigenvalue weighted by Crippen LogP contribution is 2.16. The number of nitrogens with zero attached hydrogens (tertiary/aromatic N) is 1. The number of aryl methyl sites for hydroxylation is 1. The molecule has 3 aromatic rings. The first kappa shape index (κ1) is 16.6. The van der Waals surface area contributed by atoms with Crippen molar-refractivity contribution in [1.29, 1.82) is 0 Å². The number of carbonyl (C=O) groups is 1. The van der Waals surface area contributed by atoms with Gasteiger partial charge in [0, 0.05) is 11.6 Å². The molecule has 0 aliphatic heterocycles. The molecule has 1 heterocycles. The fourth-order valence-electron chi connectivity index (χ4n) is 2.18. The van der Waals surface area contributed by atoms with Crippen molar-refractivity contribution in [2.75, 3.05) is 18.5 Å². The number of benzene rings is 2. The Morgan fingerprint density at radius 2 is 1.72 bits per heavy atom. The van der Waals surface area contributed by atoms with Gasteiger partial charge in [0.1, 0.15) is 30.5 Å². The Bertz CT molecular complexity index is 830. The molecule has 1 N–H and O–H groups in total. The van der Waals surface area contributed by atoms with Gasteiger partial charge in [0.05, 0.1) is 0 Å². The summed E-state index contributed by atoms with van der Waals surface area (Å²) in [5, 5.41) is 6.41. The lowest BCUT2D eigenvalue weighted by molar-refractivity contribution is 0.102. The van der Waals surface area contributed by atoms with E-state index in [9.17, 15) is 4.79 Å². The molecule has 1 amide bonds. The van der Waals surface area contributed by atoms with E-state index in [2.05, 4.69) is 10.5 Å². The maximum Gasteiger partial charge on any atom is 0.257 e. The Morgan fingerprint density at radius 3 is 2.44 bits per heavy atom. The van der Waals surface area contributed by atoms with Crippen LogP contribution in [0.2, 0.25) is 0 Å². The second kappa shape index (κ2) is 8.01. The van der Waals surface area contributed by atoms with Crippen molar-refractivity contribution in [3.8, 4) is 11.5 Å². The number of hydrogen-bond acceptors (Lipinski definition) is 5. The van der Waals surface area contributed by atoms with Crippen molar-refractivity contribution in [2.45, 2.75) is 6.92 Å². The number of nitrogens with one attached hydrogen (secondary N) is 1. The Labute approximate surface area is 145 Å². The highest BCUT2D eigenvalue weighted by molar-refractivity contribution is 6.03. The van der Waals surface area contributed by atoms with Gasteiger partial charge in [-0.2, -0.15) is 0 Å². The van der Waals surface area contributed by atoms with Gasteiger partial charge in [0.15, 0.2) is 5.82 Å². The molecule has 0 radical (unpaired) electrons. The lowest BCUT2D eigenvalue weighted by Crippen LogP contribution is -2.13. The van der Waals surface area contributed by atoms with Crippen molar-refractivity contribution in [2.24, 2.45) is 0 Å². The first-order valence-electron chi connectivity index (χ1n) is 7.86. The lowest BCUT2D eigenvalue weighted by Gasteiger charge is -2.09. The molecular formula is C19H18N2O4. The van der Waals surface area contributed by atoms with E-state index >= 15 is 0 Å². The Morgan fingerprint density at radius 1 is 1.00 bits per heavy atom. The number of carbonyl (C=O) groups excluding carboxylic acids is 1. The van der Waals surface area contributed by atoms with E-state index in [1.54, 1.807) is 37.3 Å². The topological polar surface area (TPSA) is 73.6 Å². The molecule has 2 aromatic carbocycles. The molecule has 0 unspecified atom stereocenters. The van der Waals surface area contributed by atoms with Gasteiger partial charge in [0.2, 0.25) is 0 Å². The smallest absolute Gasteiger partial charge is 0.257 e. The summed E-state index contributed by atoms with van der Waals surface area (Å²) in [5.41, 5.74) is 0.474. The minimum Gasteiger partial charge on any atom is -0.490 e. The van der Waals surface area contributed by atoms with Crippen LogP contribution >= 0.6 is 0 Å². The molecule has 3 rings (SSSR count). The first-order valence-corrected chi connectivity index (χ1v) is 7.86. The highest BCUT2D eigenvalue weighted by Gasteiger charge is 2.09. The van der Waals surface area contributed by atoms with Gasteiger partial charge in [-0.3, -0.25) is 4.79 Å². The lowest BCUT2D eigenvalue weighted by atomic mass is 10.2. The second-order valence-electron chi connectivity index (χ2n) is 5.31. The predicted molar refractivity (Wildman–Crippen MR) is 93.1 cm³/mol. The van der Waals surface area contributed by atoms with Crippen LogP contribution in [0.4, 0.5) is 5.82 Å². The fourth-order valence-corrected chi connectivity index (χ4v) is 2.18. The number of para-hydroxylation sites is 1. The molecule has 1 aromatic heterocycles. The fraction of sp³-hybridized carbons (Fsp3) is 0.158. The van der Waals surface area contributed by atoms with E-state index in [0.717, 1.165) is 5.75 Å². The number of hydrogen-bond donors (Lipinski definition) is 1. The third-order valence-electron chi connectivity index (χ3n) is 3.33. The van der Waals surface area contributed by atoms with Crippen LogP contribution in [0.25, 0.3) is 0 Å². The van der Waals surface area contributed by atoms with Crippen molar-refractivity contribution < 1.29 is 18.8 Å². The predicted octanol–water partition coefficient (Wildman–Crippen LogP) is 3.69. The molecule has 25 heavy (non-hydrogen) atoms. The summed E-state index contributed by atoms with van der Waals surface area (Å²) >= 11 is 0. The van der Waals surface area contributed by atoms with Crippen LogP contribution in [0, 0.1) is 6.92 Å². The molecule has 0 bridgehead atoms. The standard InChI is InChI=1S/C19H18N2O4/c1-14-12-18(21-25-14)20-19(22)15-6-5-9-17(13-15)24-11-10-23-16-7-3-2-4-8-16/h2-9,12-13H,10-11H2,1H3,(H,20,21,22). The van der Waals surface area contributed by atoms with Gasteiger partial charge < -0.3 is 19.3 Å². The van der Waals surface area contributed by atoms with Crippen molar-refractivity contribution in [1.82, 2.24) is 5.16 Å². The van der Waals surface area contributed by atoms with E-state index in [0.29, 0.717) is 36.1 Å². The van der Waals surface area contributed by atoms with Gasteiger partial charge in [0.25, 0.3) is 5.91 Å². The molecule has 6 nitrogen and oxygen atoms in total. The minimum atomic E-state index is -0.278. The zero-order valence-electron chi connectivity index (χ0n) is 13.8. The number of anilines is 1. The average Bonchev–Trinajstić information content (AvgIpc) is 3.05. The number of aromatic nitrogens is 1. The molecular weight excluding hydrogens is 320 g/mol. The van der Waals surface area contributed by atoms with Gasteiger partial charge in [-0.1, -0.05) is 29.4 Å². The first-order chi connectivity index (χ1) is 12.2. The van der Waals surface area contributed by atoms with Crippen LogP contribution in [0.1, 0.15) is 16.1 Å². The van der Waals surface area contributed by atoms with Crippen LogP contribution in [0.5, 0.6) is 11.5 Å². The summed E-state index contributed by atoms with van der Waals surface area (Å²) in [6.07, 6.45) is 0. The molecule has 0 saturated carbocycles. The van der Waals surface area contributed by atoms with E-state index in [4.69, 9.17) is 14.0 Å². The molecule has 0 spiro atoms. The third kappa shape index (κ3) is 4.84. The van der Waals surface area contributed by atoms with Gasteiger partial charge >= 0.3 is 0 Å². The molecule has 128 valence electrons. The normalized spacial score (nSPS) is 10.3. The molecule has 0 atom stereocenters. The monoisotopic (exact) mass is 338 g/mol. The van der Waals surface area contributed by atoms with E-state index in [1.807, 2.05) is 30.3 Å². The van der Waals surface area contributed by atoms with Crippen LogP contribution in [0.3, 0.4) is 0 Å². The maximum atomic E-state index is 12.2.